The third-order valence-corrected chi connectivity index (χ3v) is 3.42. The van der Waals surface area contributed by atoms with E-state index < -0.39 is 0 Å². The fraction of sp³-hybridized carbons (Fsp3) is 0.0625. The summed E-state index contributed by atoms with van der Waals surface area (Å²) in [5, 5.41) is 13.2. The van der Waals surface area contributed by atoms with E-state index in [2.05, 4.69) is 16.4 Å². The van der Waals surface area contributed by atoms with Gasteiger partial charge in [0.25, 0.3) is 0 Å². The summed E-state index contributed by atoms with van der Waals surface area (Å²) < 4.78 is 0. The highest BCUT2D eigenvalue weighted by Crippen LogP contribution is 2.27. The molecule has 2 aromatic rings. The molecular weight excluding hydrogens is 272 g/mol. The van der Waals surface area contributed by atoms with Crippen LogP contribution in [0.15, 0.2) is 59.6 Å². The number of phenols is 1. The monoisotopic (exact) mass is 284 g/mol. The van der Waals surface area contributed by atoms with Crippen molar-refractivity contribution in [2.45, 2.75) is 6.04 Å². The molecule has 1 atom stereocenters. The van der Waals surface area contributed by atoms with E-state index in [1.54, 1.807) is 18.5 Å². The SMILES string of the molecule is Oc1ccc(C2C=C(c3ccc(Cl)cc3)NC=N2)cc1. The summed E-state index contributed by atoms with van der Waals surface area (Å²) in [6.07, 6.45) is 3.75. The first-order valence-corrected chi connectivity index (χ1v) is 6.65. The van der Waals surface area contributed by atoms with Gasteiger partial charge in [0.05, 0.1) is 12.4 Å². The van der Waals surface area contributed by atoms with Crippen molar-refractivity contribution in [1.82, 2.24) is 5.32 Å². The third-order valence-electron chi connectivity index (χ3n) is 3.17. The number of nitrogens with one attached hydrogen (secondary N) is 1. The number of hydrogen-bond acceptors (Lipinski definition) is 3. The molecule has 1 aliphatic rings. The molecule has 0 aliphatic carbocycles. The molecule has 0 spiro atoms. The van der Waals surface area contributed by atoms with Crippen molar-refractivity contribution in [3.05, 3.63) is 70.8 Å². The summed E-state index contributed by atoms with van der Waals surface area (Å²) in [5.41, 5.74) is 3.09. The fourth-order valence-electron chi connectivity index (χ4n) is 2.10. The average molecular weight is 285 g/mol. The molecule has 0 saturated heterocycles. The standard InChI is InChI=1S/C16H13ClN2O/c17-13-5-1-11(2-6-13)15-9-16(19-10-18-15)12-3-7-14(20)8-4-12/h1-10,16,20H,(H,18,19). The third kappa shape index (κ3) is 2.68. The second-order valence-corrected chi connectivity index (χ2v) is 4.98. The molecule has 1 heterocycles. The number of nitrogens with zero attached hydrogens (tertiary/aromatic N) is 1. The van der Waals surface area contributed by atoms with Gasteiger partial charge in [-0.3, -0.25) is 4.99 Å². The van der Waals surface area contributed by atoms with E-state index in [1.807, 2.05) is 36.4 Å². The van der Waals surface area contributed by atoms with E-state index in [4.69, 9.17) is 11.6 Å². The minimum Gasteiger partial charge on any atom is -0.508 e. The van der Waals surface area contributed by atoms with Gasteiger partial charge < -0.3 is 10.4 Å². The first kappa shape index (κ1) is 12.8. The molecule has 4 heteroatoms. The molecule has 0 aromatic heterocycles. The molecule has 0 amide bonds. The molecule has 20 heavy (non-hydrogen) atoms. The number of halogens is 1. The number of aliphatic imine (C=N–C) groups is 1. The molecule has 1 unspecified atom stereocenters. The van der Waals surface area contributed by atoms with Crippen molar-refractivity contribution in [2.75, 3.05) is 0 Å². The summed E-state index contributed by atoms with van der Waals surface area (Å²) in [4.78, 5) is 4.40. The van der Waals surface area contributed by atoms with Crippen LogP contribution in [0.25, 0.3) is 5.70 Å². The van der Waals surface area contributed by atoms with E-state index in [9.17, 15) is 5.11 Å². The Balaban J connectivity index is 1.90. The lowest BCUT2D eigenvalue weighted by Gasteiger charge is -2.17. The zero-order valence-corrected chi connectivity index (χ0v) is 11.4. The molecule has 0 fully saturated rings. The van der Waals surface area contributed by atoms with Crippen LogP contribution in [0.3, 0.4) is 0 Å². The maximum absolute atomic E-state index is 9.33. The van der Waals surface area contributed by atoms with Crippen molar-refractivity contribution < 1.29 is 5.11 Å². The maximum Gasteiger partial charge on any atom is 0.115 e. The van der Waals surface area contributed by atoms with Crippen LogP contribution >= 0.6 is 11.6 Å². The number of hydrogen-bond donors (Lipinski definition) is 2. The van der Waals surface area contributed by atoms with Crippen LogP contribution in [0.4, 0.5) is 0 Å². The van der Waals surface area contributed by atoms with E-state index in [1.165, 1.54) is 0 Å². The Morgan fingerprint density at radius 2 is 1.70 bits per heavy atom. The molecule has 2 N–H and O–H groups in total. The molecule has 0 radical (unpaired) electrons. The zero-order valence-electron chi connectivity index (χ0n) is 10.6. The molecule has 0 bridgehead atoms. The lowest BCUT2D eigenvalue weighted by molar-refractivity contribution is 0.475. The Morgan fingerprint density at radius 3 is 2.40 bits per heavy atom. The van der Waals surface area contributed by atoms with Crippen molar-refractivity contribution >= 4 is 23.6 Å². The minimum absolute atomic E-state index is 0.0532. The van der Waals surface area contributed by atoms with Gasteiger partial charge in [0.1, 0.15) is 5.75 Å². The van der Waals surface area contributed by atoms with Crippen LogP contribution in [0.5, 0.6) is 5.75 Å². The molecule has 0 saturated carbocycles. The highest BCUT2D eigenvalue weighted by molar-refractivity contribution is 6.30. The average Bonchev–Trinajstić information content (AvgIpc) is 2.49. The molecule has 3 rings (SSSR count). The number of aromatic hydroxyl groups is 1. The van der Waals surface area contributed by atoms with Gasteiger partial charge in [0, 0.05) is 10.7 Å². The maximum atomic E-state index is 9.33. The van der Waals surface area contributed by atoms with Gasteiger partial charge in [-0.1, -0.05) is 35.9 Å². The second kappa shape index (κ2) is 5.39. The van der Waals surface area contributed by atoms with Crippen LogP contribution in [-0.2, 0) is 0 Å². The van der Waals surface area contributed by atoms with Gasteiger partial charge in [-0.15, -0.1) is 0 Å². The quantitative estimate of drug-likeness (QED) is 0.882. The molecule has 100 valence electrons. The van der Waals surface area contributed by atoms with E-state index >= 15 is 0 Å². The van der Waals surface area contributed by atoms with Crippen molar-refractivity contribution in [2.24, 2.45) is 4.99 Å². The van der Waals surface area contributed by atoms with Crippen LogP contribution in [0.1, 0.15) is 17.2 Å². The number of benzene rings is 2. The molecule has 2 aromatic carbocycles. The van der Waals surface area contributed by atoms with Gasteiger partial charge in [-0.05, 0) is 41.5 Å². The van der Waals surface area contributed by atoms with E-state index in [-0.39, 0.29) is 11.8 Å². The summed E-state index contributed by atoms with van der Waals surface area (Å²) in [7, 11) is 0. The highest BCUT2D eigenvalue weighted by atomic mass is 35.5. The van der Waals surface area contributed by atoms with Crippen molar-refractivity contribution in [1.29, 1.82) is 0 Å². The van der Waals surface area contributed by atoms with Crippen LogP contribution in [-0.4, -0.2) is 11.4 Å². The summed E-state index contributed by atoms with van der Waals surface area (Å²) in [5.74, 6) is 0.258. The first-order valence-electron chi connectivity index (χ1n) is 6.27. The van der Waals surface area contributed by atoms with Gasteiger partial charge >= 0.3 is 0 Å². The van der Waals surface area contributed by atoms with Gasteiger partial charge in [0.2, 0.25) is 0 Å². The Morgan fingerprint density at radius 1 is 1.00 bits per heavy atom. The van der Waals surface area contributed by atoms with Crippen LogP contribution in [0.2, 0.25) is 5.02 Å². The predicted octanol–water partition coefficient (Wildman–Crippen LogP) is 3.76. The molecule has 1 aliphatic heterocycles. The van der Waals surface area contributed by atoms with Gasteiger partial charge in [-0.2, -0.15) is 0 Å². The number of rotatable bonds is 2. The summed E-state index contributed by atoms with van der Waals surface area (Å²) in [6.45, 7) is 0. The minimum atomic E-state index is -0.0532. The van der Waals surface area contributed by atoms with Crippen molar-refractivity contribution in [3.8, 4) is 5.75 Å². The Bertz CT molecular complexity index is 660. The molecular formula is C16H13ClN2O. The normalized spacial score (nSPS) is 17.4. The summed E-state index contributed by atoms with van der Waals surface area (Å²) in [6, 6.07) is 14.7. The zero-order chi connectivity index (χ0) is 13.9. The highest BCUT2D eigenvalue weighted by Gasteiger charge is 2.12. The van der Waals surface area contributed by atoms with E-state index in [0.29, 0.717) is 5.02 Å². The second-order valence-electron chi connectivity index (χ2n) is 4.55. The summed E-state index contributed by atoms with van der Waals surface area (Å²) >= 11 is 5.90. The predicted molar refractivity (Wildman–Crippen MR) is 81.9 cm³/mol. The number of phenolic OH excluding ortho intramolecular Hbond substituents is 1. The Hall–Kier alpha value is -2.26. The van der Waals surface area contributed by atoms with Crippen molar-refractivity contribution in [3.63, 3.8) is 0 Å². The smallest absolute Gasteiger partial charge is 0.115 e. The van der Waals surface area contributed by atoms with E-state index in [0.717, 1.165) is 16.8 Å². The lowest BCUT2D eigenvalue weighted by Crippen LogP contribution is -2.15. The Labute approximate surface area is 122 Å². The lowest BCUT2D eigenvalue weighted by atomic mass is 10.0. The Kier molecular flexibility index (Phi) is 3.44. The van der Waals surface area contributed by atoms with Gasteiger partial charge in [0.15, 0.2) is 0 Å². The fourth-order valence-corrected chi connectivity index (χ4v) is 2.22. The molecule has 3 nitrogen and oxygen atoms in total. The van der Waals surface area contributed by atoms with Gasteiger partial charge in [-0.25, -0.2) is 0 Å². The van der Waals surface area contributed by atoms with Crippen LogP contribution < -0.4 is 5.32 Å². The first-order chi connectivity index (χ1) is 9.72. The largest absolute Gasteiger partial charge is 0.508 e. The van der Waals surface area contributed by atoms with Crippen LogP contribution in [0, 0.1) is 0 Å². The topological polar surface area (TPSA) is 44.6 Å².